The molecule has 1 fully saturated rings. The van der Waals surface area contributed by atoms with Crippen molar-refractivity contribution in [1.29, 1.82) is 0 Å². The van der Waals surface area contributed by atoms with E-state index in [1.807, 2.05) is 6.92 Å². The van der Waals surface area contributed by atoms with E-state index in [4.69, 9.17) is 0 Å². The molecular weight excluding hydrogens is 160 g/mol. The van der Waals surface area contributed by atoms with Gasteiger partial charge in [-0.05, 0) is 26.4 Å². The Kier molecular flexibility index (Phi) is 4.88. The highest BCUT2D eigenvalue weighted by Crippen LogP contribution is 2.08. The first kappa shape index (κ1) is 10.6. The van der Waals surface area contributed by atoms with Gasteiger partial charge >= 0.3 is 0 Å². The Balaban J connectivity index is 2.27. The average molecular weight is 180 g/mol. The molecule has 1 atom stereocenters. The van der Waals surface area contributed by atoms with Crippen LogP contribution in [0, 0.1) is 11.8 Å². The summed E-state index contributed by atoms with van der Waals surface area (Å²) in [5.74, 6) is 6.07. The van der Waals surface area contributed by atoms with Crippen molar-refractivity contribution in [3.05, 3.63) is 0 Å². The zero-order chi connectivity index (χ0) is 9.52. The van der Waals surface area contributed by atoms with Gasteiger partial charge in [0.15, 0.2) is 0 Å². The quantitative estimate of drug-likeness (QED) is 0.651. The van der Waals surface area contributed by atoms with Crippen molar-refractivity contribution in [1.82, 2.24) is 10.2 Å². The second-order valence-corrected chi connectivity index (χ2v) is 3.45. The third-order valence-electron chi connectivity index (χ3n) is 2.66. The third kappa shape index (κ3) is 3.38. The molecular formula is C11H20N2. The molecule has 0 aromatic carbocycles. The molecule has 1 N–H and O–H groups in total. The Labute approximate surface area is 81.7 Å². The first-order chi connectivity index (χ1) is 6.38. The molecule has 1 saturated heterocycles. The molecule has 1 heterocycles. The van der Waals surface area contributed by atoms with Gasteiger partial charge in [0.2, 0.25) is 0 Å². The van der Waals surface area contributed by atoms with E-state index in [1.54, 1.807) is 0 Å². The summed E-state index contributed by atoms with van der Waals surface area (Å²) in [7, 11) is 0. The van der Waals surface area contributed by atoms with Crippen LogP contribution in [0.3, 0.4) is 0 Å². The summed E-state index contributed by atoms with van der Waals surface area (Å²) in [6.45, 7) is 8.76. The monoisotopic (exact) mass is 180 g/mol. The van der Waals surface area contributed by atoms with E-state index in [0.29, 0.717) is 0 Å². The van der Waals surface area contributed by atoms with Crippen LogP contribution in [0.15, 0.2) is 0 Å². The minimum atomic E-state index is 0.753. The van der Waals surface area contributed by atoms with Crippen molar-refractivity contribution in [2.24, 2.45) is 0 Å². The minimum Gasteiger partial charge on any atom is -0.315 e. The lowest BCUT2D eigenvalue weighted by Gasteiger charge is -2.25. The predicted octanol–water partition coefficient (Wildman–Crippen LogP) is 1.08. The molecule has 1 rings (SSSR count). The molecule has 0 aliphatic carbocycles. The van der Waals surface area contributed by atoms with Gasteiger partial charge in [-0.3, -0.25) is 4.90 Å². The van der Waals surface area contributed by atoms with E-state index in [2.05, 4.69) is 29.0 Å². The van der Waals surface area contributed by atoms with Crippen LogP contribution in [0.25, 0.3) is 0 Å². The normalized spacial score (nSPS) is 21.6. The summed E-state index contributed by atoms with van der Waals surface area (Å²) in [5.41, 5.74) is 0. The van der Waals surface area contributed by atoms with Crippen molar-refractivity contribution in [3.8, 4) is 11.8 Å². The maximum absolute atomic E-state index is 3.40. The summed E-state index contributed by atoms with van der Waals surface area (Å²) < 4.78 is 0. The van der Waals surface area contributed by atoms with Crippen molar-refractivity contribution in [2.45, 2.75) is 32.7 Å². The summed E-state index contributed by atoms with van der Waals surface area (Å²) in [6, 6.07) is 0.753. The fourth-order valence-electron chi connectivity index (χ4n) is 1.87. The van der Waals surface area contributed by atoms with E-state index in [9.17, 15) is 0 Å². The first-order valence-electron chi connectivity index (χ1n) is 5.22. The molecule has 0 saturated carbocycles. The maximum Gasteiger partial charge on any atom is 0.0232 e. The number of likely N-dealkylation sites (N-methyl/N-ethyl adjacent to an activating group) is 1. The van der Waals surface area contributed by atoms with Gasteiger partial charge in [-0.1, -0.05) is 6.92 Å². The van der Waals surface area contributed by atoms with Crippen LogP contribution in [0.2, 0.25) is 0 Å². The first-order valence-corrected chi connectivity index (χ1v) is 5.22. The van der Waals surface area contributed by atoms with Crippen LogP contribution < -0.4 is 5.32 Å². The van der Waals surface area contributed by atoms with Gasteiger partial charge in [0, 0.05) is 25.6 Å². The lowest BCUT2D eigenvalue weighted by atomic mass is 10.2. The van der Waals surface area contributed by atoms with Gasteiger partial charge in [0.05, 0.1) is 0 Å². The average Bonchev–Trinajstić information content (AvgIpc) is 2.65. The Morgan fingerprint density at radius 2 is 2.38 bits per heavy atom. The lowest BCUT2D eigenvalue weighted by molar-refractivity contribution is 0.224. The van der Waals surface area contributed by atoms with Crippen LogP contribution in [0.5, 0.6) is 0 Å². The smallest absolute Gasteiger partial charge is 0.0232 e. The highest BCUT2D eigenvalue weighted by Gasteiger charge is 2.19. The third-order valence-corrected chi connectivity index (χ3v) is 2.66. The van der Waals surface area contributed by atoms with Crippen molar-refractivity contribution in [2.75, 3.05) is 26.2 Å². The van der Waals surface area contributed by atoms with Crippen LogP contribution in [-0.4, -0.2) is 37.1 Å². The van der Waals surface area contributed by atoms with Gasteiger partial charge in [-0.25, -0.2) is 0 Å². The molecule has 0 amide bonds. The molecule has 1 aliphatic rings. The number of nitrogens with zero attached hydrogens (tertiary/aromatic N) is 1. The summed E-state index contributed by atoms with van der Waals surface area (Å²) in [4.78, 5) is 2.53. The molecule has 2 nitrogen and oxygen atoms in total. The van der Waals surface area contributed by atoms with Crippen molar-refractivity contribution < 1.29 is 0 Å². The van der Waals surface area contributed by atoms with Crippen LogP contribution in [0.4, 0.5) is 0 Å². The van der Waals surface area contributed by atoms with Crippen molar-refractivity contribution >= 4 is 0 Å². The predicted molar refractivity (Wildman–Crippen MR) is 56.6 cm³/mol. The van der Waals surface area contributed by atoms with Gasteiger partial charge in [0.25, 0.3) is 0 Å². The maximum atomic E-state index is 3.40. The van der Waals surface area contributed by atoms with E-state index >= 15 is 0 Å². The van der Waals surface area contributed by atoms with Crippen LogP contribution in [-0.2, 0) is 0 Å². The molecule has 74 valence electrons. The fraction of sp³-hybridized carbons (Fsp3) is 0.818. The second kappa shape index (κ2) is 6.01. The molecule has 0 spiro atoms. The Morgan fingerprint density at radius 1 is 1.54 bits per heavy atom. The number of hydrogen-bond acceptors (Lipinski definition) is 2. The van der Waals surface area contributed by atoms with E-state index < -0.39 is 0 Å². The number of hydrogen-bond donors (Lipinski definition) is 1. The molecule has 2 heteroatoms. The van der Waals surface area contributed by atoms with Crippen molar-refractivity contribution in [3.63, 3.8) is 0 Å². The second-order valence-electron chi connectivity index (χ2n) is 3.45. The fourth-order valence-corrected chi connectivity index (χ4v) is 1.87. The number of nitrogens with one attached hydrogen (secondary N) is 1. The van der Waals surface area contributed by atoms with Gasteiger partial charge in [-0.15, -0.1) is 11.8 Å². The van der Waals surface area contributed by atoms with Crippen LogP contribution in [0.1, 0.15) is 26.7 Å². The van der Waals surface area contributed by atoms with Gasteiger partial charge in [0.1, 0.15) is 0 Å². The highest BCUT2D eigenvalue weighted by molar-refractivity contribution is 4.96. The molecule has 0 bridgehead atoms. The summed E-state index contributed by atoms with van der Waals surface area (Å²) >= 11 is 0. The highest BCUT2D eigenvalue weighted by atomic mass is 15.2. The molecule has 1 unspecified atom stereocenters. The Morgan fingerprint density at radius 3 is 2.92 bits per heavy atom. The van der Waals surface area contributed by atoms with Gasteiger partial charge < -0.3 is 5.32 Å². The molecule has 0 aromatic rings. The molecule has 0 radical (unpaired) electrons. The summed E-state index contributed by atoms with van der Waals surface area (Å²) in [5, 5.41) is 3.40. The standard InChI is InChI=1S/C11H20N2/c1-3-5-6-9-13(4-2)11-7-8-12-10-11/h11-12H,4,6-10H2,1-2H3. The zero-order valence-electron chi connectivity index (χ0n) is 8.77. The van der Waals surface area contributed by atoms with E-state index in [-0.39, 0.29) is 0 Å². The Hall–Kier alpha value is -0.520. The Bertz CT molecular complexity index is 184. The molecule has 0 aromatic heterocycles. The van der Waals surface area contributed by atoms with Gasteiger partial charge in [-0.2, -0.15) is 0 Å². The molecule has 13 heavy (non-hydrogen) atoms. The van der Waals surface area contributed by atoms with Crippen LogP contribution >= 0.6 is 0 Å². The lowest BCUT2D eigenvalue weighted by Crippen LogP contribution is -2.37. The largest absolute Gasteiger partial charge is 0.315 e. The zero-order valence-corrected chi connectivity index (χ0v) is 8.77. The minimum absolute atomic E-state index is 0.753. The van der Waals surface area contributed by atoms with E-state index in [0.717, 1.165) is 32.1 Å². The number of rotatable bonds is 4. The molecule has 1 aliphatic heterocycles. The summed E-state index contributed by atoms with van der Waals surface area (Å²) in [6.07, 6.45) is 2.31. The SMILES string of the molecule is CC#CCCN(CC)C1CCNC1. The topological polar surface area (TPSA) is 15.3 Å². The van der Waals surface area contributed by atoms with E-state index in [1.165, 1.54) is 13.0 Å².